The molecular weight excluding hydrogens is 632 g/mol. The number of thioether (sulfide) groups is 1. The van der Waals surface area contributed by atoms with E-state index in [4.69, 9.17) is 28.2 Å². The van der Waals surface area contributed by atoms with Gasteiger partial charge in [-0.1, -0.05) is 41.4 Å². The van der Waals surface area contributed by atoms with Crippen LogP contribution in [0, 0.1) is 5.82 Å². The molecule has 7 nitrogen and oxygen atoms in total. The molecule has 0 spiro atoms. The maximum atomic E-state index is 14.3. The van der Waals surface area contributed by atoms with E-state index in [0.29, 0.717) is 64.6 Å². The van der Waals surface area contributed by atoms with Crippen LogP contribution in [0.25, 0.3) is 16.6 Å². The molecule has 1 fully saturated rings. The summed E-state index contributed by atoms with van der Waals surface area (Å²) in [7, 11) is 3.92. The van der Waals surface area contributed by atoms with Crippen LogP contribution in [0.3, 0.4) is 0 Å². The fourth-order valence-corrected chi connectivity index (χ4v) is 7.08. The predicted octanol–water partition coefficient (Wildman–Crippen LogP) is 6.38. The second-order valence-corrected chi connectivity index (χ2v) is 13.6. The summed E-state index contributed by atoms with van der Waals surface area (Å²) >= 11 is 14.4. The van der Waals surface area contributed by atoms with Gasteiger partial charge in [0.2, 0.25) is 5.91 Å². The molecule has 1 amide bonds. The summed E-state index contributed by atoms with van der Waals surface area (Å²) in [5.41, 5.74) is 1.50. The lowest BCUT2D eigenvalue weighted by Gasteiger charge is -2.34. The van der Waals surface area contributed by atoms with Gasteiger partial charge in [-0.15, -0.1) is 0 Å². The molecule has 0 aliphatic carbocycles. The highest BCUT2D eigenvalue weighted by atomic mass is 35.5. The monoisotopic (exact) mass is 669 g/mol. The Kier molecular flexibility index (Phi) is 11.6. The van der Waals surface area contributed by atoms with Gasteiger partial charge in [0.15, 0.2) is 0 Å². The highest BCUT2D eigenvalue weighted by molar-refractivity contribution is 7.99. The molecule has 1 aliphatic heterocycles. The first kappa shape index (κ1) is 33.4. The van der Waals surface area contributed by atoms with E-state index in [9.17, 15) is 14.0 Å². The van der Waals surface area contributed by atoms with Crippen LogP contribution in [0.5, 0.6) is 0 Å². The third kappa shape index (κ3) is 8.45. The highest BCUT2D eigenvalue weighted by Gasteiger charge is 2.31. The molecule has 45 heavy (non-hydrogen) atoms. The minimum Gasteiger partial charge on any atom is -0.331 e. The fraction of sp³-hybridized carbons (Fsp3) is 0.382. The van der Waals surface area contributed by atoms with Crippen LogP contribution >= 0.6 is 35.0 Å². The summed E-state index contributed by atoms with van der Waals surface area (Å²) in [6.45, 7) is 1.64. The van der Waals surface area contributed by atoms with E-state index in [1.807, 2.05) is 47.8 Å². The van der Waals surface area contributed by atoms with E-state index in [1.54, 1.807) is 47.0 Å². The number of likely N-dealkylation sites (N-methyl/N-ethyl adjacent to an activating group) is 1. The maximum Gasteiger partial charge on any atom is 0.266 e. The number of benzene rings is 3. The number of rotatable bonds is 12. The molecule has 1 unspecified atom stereocenters. The zero-order valence-electron chi connectivity index (χ0n) is 25.5. The number of fused-ring (bicyclic) bond motifs is 1. The number of carbonyl (C=O) groups excluding carboxylic acids is 1. The van der Waals surface area contributed by atoms with Crippen molar-refractivity contribution >= 4 is 51.8 Å². The van der Waals surface area contributed by atoms with Crippen LogP contribution in [0.1, 0.15) is 36.7 Å². The third-order valence-electron chi connectivity index (χ3n) is 8.08. The quantitative estimate of drug-likeness (QED) is 0.189. The Bertz CT molecular complexity index is 1680. The molecule has 1 saturated heterocycles. The van der Waals surface area contributed by atoms with Crippen LogP contribution in [0.2, 0.25) is 10.0 Å². The Morgan fingerprint density at radius 3 is 2.49 bits per heavy atom. The van der Waals surface area contributed by atoms with Crippen LogP contribution in [-0.4, -0.2) is 76.5 Å². The zero-order chi connectivity index (χ0) is 31.9. The average molecular weight is 671 g/mol. The molecule has 3 aromatic carbocycles. The summed E-state index contributed by atoms with van der Waals surface area (Å²) < 4.78 is 15.6. The molecule has 0 bridgehead atoms. The van der Waals surface area contributed by atoms with Crippen molar-refractivity contribution in [3.8, 4) is 5.69 Å². The molecule has 11 heteroatoms. The van der Waals surface area contributed by atoms with Gasteiger partial charge in [0, 0.05) is 19.1 Å². The molecule has 5 rings (SSSR count). The first-order chi connectivity index (χ1) is 21.7. The predicted molar refractivity (Wildman–Crippen MR) is 183 cm³/mol. The average Bonchev–Trinajstić information content (AvgIpc) is 3.03. The lowest BCUT2D eigenvalue weighted by atomic mass is 10.1. The van der Waals surface area contributed by atoms with Gasteiger partial charge in [0.05, 0.1) is 39.1 Å². The number of nitrogens with one attached hydrogen (secondary N) is 1. The molecule has 0 radical (unpaired) electrons. The molecule has 238 valence electrons. The number of amides is 1. The Morgan fingerprint density at radius 2 is 1.78 bits per heavy atom. The summed E-state index contributed by atoms with van der Waals surface area (Å²) in [4.78, 5) is 37.3. The zero-order valence-corrected chi connectivity index (χ0v) is 27.8. The lowest BCUT2D eigenvalue weighted by molar-refractivity contribution is -0.133. The van der Waals surface area contributed by atoms with Gasteiger partial charge >= 0.3 is 0 Å². The van der Waals surface area contributed by atoms with Gasteiger partial charge < -0.3 is 15.1 Å². The van der Waals surface area contributed by atoms with E-state index in [2.05, 4.69) is 5.32 Å². The molecule has 1 atom stereocenters. The number of para-hydroxylation sites is 1. The molecule has 4 aromatic rings. The van der Waals surface area contributed by atoms with Gasteiger partial charge in [-0.25, -0.2) is 9.37 Å². The van der Waals surface area contributed by atoms with E-state index in [-0.39, 0.29) is 17.9 Å². The normalized spacial score (nSPS) is 14.6. The number of halogens is 3. The van der Waals surface area contributed by atoms with Gasteiger partial charge in [-0.2, -0.15) is 11.8 Å². The van der Waals surface area contributed by atoms with Gasteiger partial charge in [-0.05, 0) is 106 Å². The second kappa shape index (κ2) is 15.6. The minimum absolute atomic E-state index is 0.0997. The van der Waals surface area contributed by atoms with Crippen LogP contribution < -0.4 is 10.9 Å². The summed E-state index contributed by atoms with van der Waals surface area (Å²) in [5.74, 6) is 2.15. The standard InChI is InChI=1S/C34H38Cl2FN5O2S/c1-40(2)17-18-41(32(43)22-23-7-12-28(35)29(36)21-23)31(13-16-38-25-14-19-45-20-15-25)33-39-30-6-4-3-5-27(30)34(44)42(33)26-10-8-24(37)9-11-26/h3-12,21,25,31,38H,13-20,22H2,1-2H3. The number of hydrogen-bond acceptors (Lipinski definition) is 6. The Hall–Kier alpha value is -2.95. The summed E-state index contributed by atoms with van der Waals surface area (Å²) in [6.07, 6.45) is 2.80. The van der Waals surface area contributed by atoms with Gasteiger partial charge in [-0.3, -0.25) is 14.2 Å². The topological polar surface area (TPSA) is 70.5 Å². The number of carbonyl (C=O) groups is 1. The third-order valence-corrected chi connectivity index (χ3v) is 9.87. The van der Waals surface area contributed by atoms with Crippen molar-refractivity contribution in [1.29, 1.82) is 0 Å². The molecular formula is C34H38Cl2FN5O2S. The van der Waals surface area contributed by atoms with Crippen molar-refractivity contribution in [3.63, 3.8) is 0 Å². The molecule has 1 aromatic heterocycles. The number of hydrogen-bond donors (Lipinski definition) is 1. The van der Waals surface area contributed by atoms with Crippen molar-refractivity contribution in [2.75, 3.05) is 45.2 Å². The van der Waals surface area contributed by atoms with E-state index in [0.717, 1.165) is 29.9 Å². The van der Waals surface area contributed by atoms with Crippen LogP contribution in [0.15, 0.2) is 71.5 Å². The van der Waals surface area contributed by atoms with Crippen molar-refractivity contribution in [1.82, 2.24) is 24.7 Å². The largest absolute Gasteiger partial charge is 0.331 e. The van der Waals surface area contributed by atoms with Gasteiger partial charge in [0.25, 0.3) is 5.56 Å². The number of aromatic nitrogens is 2. The highest BCUT2D eigenvalue weighted by Crippen LogP contribution is 2.29. The number of nitrogens with zero attached hydrogens (tertiary/aromatic N) is 4. The lowest BCUT2D eigenvalue weighted by Crippen LogP contribution is -2.44. The van der Waals surface area contributed by atoms with E-state index in [1.165, 1.54) is 12.1 Å². The molecule has 1 N–H and O–H groups in total. The van der Waals surface area contributed by atoms with Crippen molar-refractivity contribution in [2.45, 2.75) is 37.8 Å². The van der Waals surface area contributed by atoms with Crippen molar-refractivity contribution in [3.05, 3.63) is 104 Å². The van der Waals surface area contributed by atoms with Crippen LogP contribution in [0.4, 0.5) is 4.39 Å². The molecule has 2 heterocycles. The van der Waals surface area contributed by atoms with Crippen molar-refractivity contribution < 1.29 is 9.18 Å². The minimum atomic E-state index is -0.562. The maximum absolute atomic E-state index is 14.3. The van der Waals surface area contributed by atoms with Gasteiger partial charge in [0.1, 0.15) is 11.6 Å². The van der Waals surface area contributed by atoms with Crippen molar-refractivity contribution in [2.24, 2.45) is 0 Å². The Balaban J connectivity index is 1.62. The SMILES string of the molecule is CN(C)CCN(C(=O)Cc1ccc(Cl)c(Cl)c1)C(CCNC1CCSCC1)c1nc2ccccc2c(=O)n1-c1ccc(F)cc1. The van der Waals surface area contributed by atoms with Crippen LogP contribution in [-0.2, 0) is 11.2 Å². The smallest absolute Gasteiger partial charge is 0.266 e. The Labute approximate surface area is 277 Å². The fourth-order valence-electron chi connectivity index (χ4n) is 5.65. The summed E-state index contributed by atoms with van der Waals surface area (Å²) in [6, 6.07) is 18.1. The van der Waals surface area contributed by atoms with E-state index < -0.39 is 11.9 Å². The first-order valence-corrected chi connectivity index (χ1v) is 17.1. The van der Waals surface area contributed by atoms with E-state index >= 15 is 0 Å². The molecule has 0 saturated carbocycles. The Morgan fingerprint density at radius 1 is 1.04 bits per heavy atom. The molecule has 1 aliphatic rings. The summed E-state index contributed by atoms with van der Waals surface area (Å²) in [5, 5.41) is 4.96. The second-order valence-electron chi connectivity index (χ2n) is 11.6. The first-order valence-electron chi connectivity index (χ1n) is 15.2.